The molecule has 2 atom stereocenters. The molecule has 3 rings (SSSR count). The van der Waals surface area contributed by atoms with Gasteiger partial charge in [-0.3, -0.25) is 14.3 Å². The van der Waals surface area contributed by atoms with Crippen LogP contribution in [0, 0.1) is 20.8 Å². The number of carbonyl (C=O) groups excluding carboxylic acids is 2. The summed E-state index contributed by atoms with van der Waals surface area (Å²) in [5.41, 5.74) is 6.08. The van der Waals surface area contributed by atoms with Crippen LogP contribution in [0.2, 0.25) is 0 Å². The molecule has 0 saturated heterocycles. The monoisotopic (exact) mass is 368 g/mol. The van der Waals surface area contributed by atoms with E-state index in [-0.39, 0.29) is 23.9 Å². The Bertz CT molecular complexity index is 900. The Morgan fingerprint density at radius 3 is 2.59 bits per heavy atom. The average molecular weight is 368 g/mol. The smallest absolute Gasteiger partial charge is 0.226 e. The first-order valence-corrected chi connectivity index (χ1v) is 9.44. The maximum atomic E-state index is 12.5. The fourth-order valence-electron chi connectivity index (χ4n) is 3.93. The lowest BCUT2D eigenvalue weighted by molar-refractivity contribution is -0.117. The van der Waals surface area contributed by atoms with E-state index in [9.17, 15) is 9.59 Å². The highest BCUT2D eigenvalue weighted by Gasteiger charge is 2.29. The van der Waals surface area contributed by atoms with Crippen molar-refractivity contribution in [2.24, 2.45) is 0 Å². The van der Waals surface area contributed by atoms with Gasteiger partial charge in [-0.2, -0.15) is 5.10 Å². The Balaban J connectivity index is 1.69. The second-order valence-corrected chi connectivity index (χ2v) is 7.63. The first kappa shape index (κ1) is 19.1. The summed E-state index contributed by atoms with van der Waals surface area (Å²) in [6.45, 7) is 11.7. The number of aryl methyl sites for hydroxylation is 1. The molecule has 0 spiro atoms. The van der Waals surface area contributed by atoms with Gasteiger partial charge in [0, 0.05) is 36.5 Å². The number of anilines is 2. The van der Waals surface area contributed by atoms with Gasteiger partial charge in [0.05, 0.1) is 11.7 Å². The Labute approximate surface area is 160 Å². The van der Waals surface area contributed by atoms with Crippen LogP contribution in [0.25, 0.3) is 0 Å². The number of carbonyl (C=O) groups is 2. The van der Waals surface area contributed by atoms with Crippen LogP contribution in [-0.4, -0.2) is 27.6 Å². The summed E-state index contributed by atoms with van der Waals surface area (Å²) in [5.74, 6) is 0.00849. The van der Waals surface area contributed by atoms with Gasteiger partial charge >= 0.3 is 0 Å². The molecule has 1 aromatic carbocycles. The fraction of sp³-hybridized carbons (Fsp3) is 0.476. The van der Waals surface area contributed by atoms with E-state index in [4.69, 9.17) is 0 Å². The van der Waals surface area contributed by atoms with Gasteiger partial charge < -0.3 is 10.2 Å². The Morgan fingerprint density at radius 2 is 2.00 bits per heavy atom. The van der Waals surface area contributed by atoms with Gasteiger partial charge in [-0.1, -0.05) is 0 Å². The predicted molar refractivity (Wildman–Crippen MR) is 107 cm³/mol. The van der Waals surface area contributed by atoms with E-state index < -0.39 is 0 Å². The minimum absolute atomic E-state index is 0.0138. The quantitative estimate of drug-likeness (QED) is 0.895. The van der Waals surface area contributed by atoms with Crippen molar-refractivity contribution in [3.8, 4) is 0 Å². The SMILES string of the molecule is CC(=O)N1c2ccc(NC(=O)C[C@@H](C)n3nc(C)c(C)c3C)cc2C[C@H]1C. The van der Waals surface area contributed by atoms with Crippen LogP contribution in [0.1, 0.15) is 55.7 Å². The zero-order valence-electron chi connectivity index (χ0n) is 17.0. The molecule has 1 aliphatic rings. The molecule has 0 saturated carbocycles. The Morgan fingerprint density at radius 1 is 1.30 bits per heavy atom. The molecule has 6 nitrogen and oxygen atoms in total. The molecule has 2 amide bonds. The van der Waals surface area contributed by atoms with E-state index in [0.29, 0.717) is 6.42 Å². The average Bonchev–Trinajstić information content (AvgIpc) is 3.04. The number of fused-ring (bicyclic) bond motifs is 1. The van der Waals surface area contributed by atoms with Crippen LogP contribution in [0.5, 0.6) is 0 Å². The summed E-state index contributed by atoms with van der Waals surface area (Å²) in [5, 5.41) is 7.54. The van der Waals surface area contributed by atoms with Gasteiger partial charge in [0.2, 0.25) is 11.8 Å². The number of nitrogens with zero attached hydrogens (tertiary/aromatic N) is 3. The first-order valence-electron chi connectivity index (χ1n) is 9.44. The molecular formula is C21H28N4O2. The largest absolute Gasteiger partial charge is 0.326 e. The lowest BCUT2D eigenvalue weighted by Gasteiger charge is -2.20. The van der Waals surface area contributed by atoms with Crippen molar-refractivity contribution >= 4 is 23.2 Å². The van der Waals surface area contributed by atoms with Gasteiger partial charge in [-0.25, -0.2) is 0 Å². The molecule has 0 radical (unpaired) electrons. The fourth-order valence-corrected chi connectivity index (χ4v) is 3.93. The molecule has 144 valence electrons. The standard InChI is InChI=1S/C21H28N4O2/c1-12-9-18-11-19(7-8-20(18)24(12)17(6)26)22-21(27)10-13(2)25-16(5)14(3)15(4)23-25/h7-8,11-13H,9-10H2,1-6H3,(H,22,27)/t12-,13-/m1/s1. The Kier molecular flexibility index (Phi) is 5.09. The minimum atomic E-state index is -0.0397. The zero-order valence-corrected chi connectivity index (χ0v) is 17.0. The highest BCUT2D eigenvalue weighted by Crippen LogP contribution is 2.34. The Hall–Kier alpha value is -2.63. The van der Waals surface area contributed by atoms with Crippen LogP contribution in [0.15, 0.2) is 18.2 Å². The van der Waals surface area contributed by atoms with Crippen molar-refractivity contribution in [3.63, 3.8) is 0 Å². The lowest BCUT2D eigenvalue weighted by Crippen LogP contribution is -2.33. The van der Waals surface area contributed by atoms with Gasteiger partial charge in [0.15, 0.2) is 0 Å². The molecule has 2 heterocycles. The number of amides is 2. The van der Waals surface area contributed by atoms with Crippen LogP contribution < -0.4 is 10.2 Å². The van der Waals surface area contributed by atoms with E-state index in [1.54, 1.807) is 6.92 Å². The summed E-state index contributed by atoms with van der Waals surface area (Å²) in [4.78, 5) is 26.2. The number of nitrogens with one attached hydrogen (secondary N) is 1. The van der Waals surface area contributed by atoms with Gasteiger partial charge in [0.1, 0.15) is 0 Å². The van der Waals surface area contributed by atoms with Crippen molar-refractivity contribution in [3.05, 3.63) is 40.7 Å². The van der Waals surface area contributed by atoms with E-state index >= 15 is 0 Å². The first-order chi connectivity index (χ1) is 12.7. The second kappa shape index (κ2) is 7.18. The molecule has 0 fully saturated rings. The number of hydrogen-bond donors (Lipinski definition) is 1. The van der Waals surface area contributed by atoms with Gasteiger partial charge in [-0.05, 0) is 70.4 Å². The lowest BCUT2D eigenvalue weighted by atomic mass is 10.1. The third-order valence-electron chi connectivity index (χ3n) is 5.50. The summed E-state index contributed by atoms with van der Waals surface area (Å²) in [7, 11) is 0. The molecule has 27 heavy (non-hydrogen) atoms. The van der Waals surface area contributed by atoms with Crippen molar-refractivity contribution < 1.29 is 9.59 Å². The predicted octanol–water partition coefficient (Wildman–Crippen LogP) is 3.70. The molecule has 0 bridgehead atoms. The summed E-state index contributed by atoms with van der Waals surface area (Å²) in [6.07, 6.45) is 1.16. The summed E-state index contributed by atoms with van der Waals surface area (Å²) >= 11 is 0. The van der Waals surface area contributed by atoms with E-state index in [0.717, 1.165) is 34.7 Å². The maximum Gasteiger partial charge on any atom is 0.226 e. The van der Waals surface area contributed by atoms with Gasteiger partial charge in [-0.15, -0.1) is 0 Å². The van der Waals surface area contributed by atoms with Crippen molar-refractivity contribution in [1.29, 1.82) is 0 Å². The summed E-state index contributed by atoms with van der Waals surface area (Å²) in [6, 6.07) is 5.90. The molecule has 1 aliphatic heterocycles. The number of benzene rings is 1. The third kappa shape index (κ3) is 3.61. The topological polar surface area (TPSA) is 67.2 Å². The van der Waals surface area contributed by atoms with Crippen LogP contribution in [0.4, 0.5) is 11.4 Å². The van der Waals surface area contributed by atoms with Gasteiger partial charge in [0.25, 0.3) is 0 Å². The minimum Gasteiger partial charge on any atom is -0.326 e. The number of hydrogen-bond acceptors (Lipinski definition) is 3. The highest BCUT2D eigenvalue weighted by atomic mass is 16.2. The maximum absolute atomic E-state index is 12.5. The zero-order chi connectivity index (χ0) is 19.9. The van der Waals surface area contributed by atoms with E-state index in [1.807, 2.05) is 55.5 Å². The molecule has 1 N–H and O–H groups in total. The summed E-state index contributed by atoms with van der Waals surface area (Å²) < 4.78 is 1.93. The molecule has 0 aliphatic carbocycles. The second-order valence-electron chi connectivity index (χ2n) is 7.63. The van der Waals surface area contributed by atoms with Crippen LogP contribution in [-0.2, 0) is 16.0 Å². The normalized spacial score (nSPS) is 17.0. The van der Waals surface area contributed by atoms with Crippen molar-refractivity contribution in [2.45, 2.75) is 66.5 Å². The highest BCUT2D eigenvalue weighted by molar-refractivity contribution is 5.96. The van der Waals surface area contributed by atoms with E-state index in [2.05, 4.69) is 17.3 Å². The molecule has 2 aromatic rings. The molecule has 1 aromatic heterocycles. The number of rotatable bonds is 4. The van der Waals surface area contributed by atoms with Crippen molar-refractivity contribution in [1.82, 2.24) is 9.78 Å². The van der Waals surface area contributed by atoms with E-state index in [1.165, 1.54) is 5.56 Å². The third-order valence-corrected chi connectivity index (χ3v) is 5.50. The van der Waals surface area contributed by atoms with Crippen molar-refractivity contribution in [2.75, 3.05) is 10.2 Å². The van der Waals surface area contributed by atoms with Crippen LogP contribution in [0.3, 0.4) is 0 Å². The molecular weight excluding hydrogens is 340 g/mol. The molecule has 6 heteroatoms. The number of aromatic nitrogens is 2. The molecule has 0 unspecified atom stereocenters. The van der Waals surface area contributed by atoms with Crippen LogP contribution >= 0.6 is 0 Å².